The van der Waals surface area contributed by atoms with Crippen molar-refractivity contribution < 1.29 is 0 Å². The van der Waals surface area contributed by atoms with Gasteiger partial charge in [0.2, 0.25) is 0 Å². The summed E-state index contributed by atoms with van der Waals surface area (Å²) in [4.78, 5) is 0. The van der Waals surface area contributed by atoms with Gasteiger partial charge in [-0.15, -0.1) is 0 Å². The summed E-state index contributed by atoms with van der Waals surface area (Å²) in [5, 5.41) is 0. The molecule has 0 heterocycles. The number of halogens is 1. The van der Waals surface area contributed by atoms with E-state index < -0.39 is 0 Å². The Hall–Kier alpha value is -1.12. The molecule has 0 saturated carbocycles. The molecule has 2 N–H and O–H groups in total. The highest BCUT2D eigenvalue weighted by molar-refractivity contribution is 9.10. The summed E-state index contributed by atoms with van der Waals surface area (Å²) in [6.45, 7) is 6.38. The number of hydrogen-bond donors (Lipinski definition) is 1. The fraction of sp³-hybridized carbons (Fsp3) is 0.250. The van der Waals surface area contributed by atoms with Crippen molar-refractivity contribution >= 4 is 15.9 Å². The van der Waals surface area contributed by atoms with Crippen LogP contribution in [0, 0.1) is 20.8 Å². The van der Waals surface area contributed by atoms with Crippen LogP contribution >= 0.6 is 15.9 Å². The van der Waals surface area contributed by atoms with Crippen LogP contribution in [0.4, 0.5) is 0 Å². The van der Waals surface area contributed by atoms with Crippen LogP contribution in [0.2, 0.25) is 0 Å². The van der Waals surface area contributed by atoms with E-state index in [0.717, 1.165) is 10.0 Å². The lowest BCUT2D eigenvalue weighted by molar-refractivity contribution is 0.849. The number of nitrogens with two attached hydrogens (primary N) is 1. The average molecular weight is 304 g/mol. The van der Waals surface area contributed by atoms with E-state index in [1.165, 1.54) is 22.3 Å². The van der Waals surface area contributed by atoms with Crippen LogP contribution in [-0.2, 0) is 0 Å². The number of rotatable bonds is 2. The first-order valence-corrected chi connectivity index (χ1v) is 6.87. The van der Waals surface area contributed by atoms with Gasteiger partial charge >= 0.3 is 0 Å². The molecule has 2 aromatic carbocycles. The Bertz CT molecular complexity index is 552. The molecule has 1 unspecified atom stereocenters. The molecule has 0 spiro atoms. The zero-order valence-electron chi connectivity index (χ0n) is 11.0. The van der Waals surface area contributed by atoms with Crippen molar-refractivity contribution in [1.29, 1.82) is 0 Å². The van der Waals surface area contributed by atoms with Crippen LogP contribution in [0.1, 0.15) is 33.9 Å². The summed E-state index contributed by atoms with van der Waals surface area (Å²) in [5.41, 5.74) is 12.6. The van der Waals surface area contributed by atoms with Gasteiger partial charge in [0.15, 0.2) is 0 Å². The minimum Gasteiger partial charge on any atom is -0.320 e. The van der Waals surface area contributed by atoms with Gasteiger partial charge in [0.25, 0.3) is 0 Å². The second-order valence-electron chi connectivity index (χ2n) is 4.85. The lowest BCUT2D eigenvalue weighted by atomic mass is 9.90. The third-order valence-corrected chi connectivity index (χ3v) is 3.75. The largest absolute Gasteiger partial charge is 0.320 e. The maximum atomic E-state index is 6.42. The fourth-order valence-corrected chi connectivity index (χ4v) is 2.97. The van der Waals surface area contributed by atoms with Gasteiger partial charge in [-0.3, -0.25) is 0 Å². The standard InChI is InChI=1S/C16H18BrN/c1-10-7-11(2)15(12(3)8-10)16(18)13-5-4-6-14(17)9-13/h4-9,16H,18H2,1-3H3. The van der Waals surface area contributed by atoms with Gasteiger partial charge in [-0.2, -0.15) is 0 Å². The molecule has 1 atom stereocenters. The second kappa shape index (κ2) is 5.25. The van der Waals surface area contributed by atoms with Gasteiger partial charge in [0, 0.05) is 4.47 Å². The minimum absolute atomic E-state index is 0.0666. The number of hydrogen-bond acceptors (Lipinski definition) is 1. The van der Waals surface area contributed by atoms with Crippen molar-refractivity contribution in [2.75, 3.05) is 0 Å². The van der Waals surface area contributed by atoms with Crippen LogP contribution in [0.5, 0.6) is 0 Å². The van der Waals surface area contributed by atoms with Crippen LogP contribution in [0.25, 0.3) is 0 Å². The zero-order valence-corrected chi connectivity index (χ0v) is 12.6. The maximum absolute atomic E-state index is 6.42. The van der Waals surface area contributed by atoms with E-state index in [2.05, 4.69) is 61.0 Å². The second-order valence-corrected chi connectivity index (χ2v) is 5.76. The van der Waals surface area contributed by atoms with Gasteiger partial charge in [0.1, 0.15) is 0 Å². The molecule has 0 aromatic heterocycles. The summed E-state index contributed by atoms with van der Waals surface area (Å²) >= 11 is 3.50. The number of aryl methyl sites for hydroxylation is 3. The lowest BCUT2D eigenvalue weighted by Crippen LogP contribution is -2.15. The molecular formula is C16H18BrN. The number of benzene rings is 2. The summed E-state index contributed by atoms with van der Waals surface area (Å²) < 4.78 is 1.07. The molecule has 18 heavy (non-hydrogen) atoms. The molecule has 0 aliphatic carbocycles. The molecule has 0 amide bonds. The van der Waals surface area contributed by atoms with E-state index in [9.17, 15) is 0 Å². The summed E-state index contributed by atoms with van der Waals surface area (Å²) in [6.07, 6.45) is 0. The summed E-state index contributed by atoms with van der Waals surface area (Å²) in [5.74, 6) is 0. The Balaban J connectivity index is 2.49. The first-order chi connectivity index (χ1) is 8.49. The molecule has 2 aromatic rings. The monoisotopic (exact) mass is 303 g/mol. The molecule has 0 radical (unpaired) electrons. The molecule has 0 aliphatic heterocycles. The van der Waals surface area contributed by atoms with Crippen molar-refractivity contribution in [1.82, 2.24) is 0 Å². The predicted octanol–water partition coefficient (Wildman–Crippen LogP) is 4.42. The van der Waals surface area contributed by atoms with Crippen molar-refractivity contribution in [2.45, 2.75) is 26.8 Å². The average Bonchev–Trinajstić information content (AvgIpc) is 2.27. The highest BCUT2D eigenvalue weighted by atomic mass is 79.9. The molecule has 0 saturated heterocycles. The Morgan fingerprint density at radius 2 is 1.61 bits per heavy atom. The molecule has 0 aliphatic rings. The highest BCUT2D eigenvalue weighted by Crippen LogP contribution is 2.28. The third kappa shape index (κ3) is 2.65. The molecule has 0 fully saturated rings. The quantitative estimate of drug-likeness (QED) is 0.873. The van der Waals surface area contributed by atoms with Crippen molar-refractivity contribution in [3.63, 3.8) is 0 Å². The SMILES string of the molecule is Cc1cc(C)c(C(N)c2cccc(Br)c2)c(C)c1. The summed E-state index contributed by atoms with van der Waals surface area (Å²) in [7, 11) is 0. The topological polar surface area (TPSA) is 26.0 Å². The van der Waals surface area contributed by atoms with E-state index in [1.807, 2.05) is 12.1 Å². The van der Waals surface area contributed by atoms with Gasteiger partial charge < -0.3 is 5.73 Å². The normalized spacial score (nSPS) is 12.5. The van der Waals surface area contributed by atoms with Gasteiger partial charge in [0.05, 0.1) is 6.04 Å². The van der Waals surface area contributed by atoms with Crippen molar-refractivity contribution in [2.24, 2.45) is 5.73 Å². The van der Waals surface area contributed by atoms with Crippen LogP contribution in [-0.4, -0.2) is 0 Å². The van der Waals surface area contributed by atoms with Crippen molar-refractivity contribution in [3.8, 4) is 0 Å². The Morgan fingerprint density at radius 1 is 1.00 bits per heavy atom. The maximum Gasteiger partial charge on any atom is 0.0557 e. The van der Waals surface area contributed by atoms with E-state index in [-0.39, 0.29) is 6.04 Å². The minimum atomic E-state index is -0.0666. The Morgan fingerprint density at radius 3 is 2.17 bits per heavy atom. The van der Waals surface area contributed by atoms with E-state index >= 15 is 0 Å². The Kier molecular flexibility index (Phi) is 3.88. The first kappa shape index (κ1) is 13.3. The lowest BCUT2D eigenvalue weighted by Gasteiger charge is -2.19. The molecule has 0 bridgehead atoms. The molecule has 2 heteroatoms. The molecular weight excluding hydrogens is 286 g/mol. The van der Waals surface area contributed by atoms with Crippen LogP contribution < -0.4 is 5.73 Å². The van der Waals surface area contributed by atoms with Gasteiger partial charge in [-0.1, -0.05) is 45.8 Å². The molecule has 94 valence electrons. The van der Waals surface area contributed by atoms with E-state index in [0.29, 0.717) is 0 Å². The van der Waals surface area contributed by atoms with Crippen LogP contribution in [0.15, 0.2) is 40.9 Å². The van der Waals surface area contributed by atoms with Gasteiger partial charge in [-0.05, 0) is 55.2 Å². The first-order valence-electron chi connectivity index (χ1n) is 6.08. The van der Waals surface area contributed by atoms with E-state index in [4.69, 9.17) is 5.73 Å². The van der Waals surface area contributed by atoms with Crippen LogP contribution in [0.3, 0.4) is 0 Å². The van der Waals surface area contributed by atoms with Crippen molar-refractivity contribution in [3.05, 3.63) is 68.7 Å². The van der Waals surface area contributed by atoms with Gasteiger partial charge in [-0.25, -0.2) is 0 Å². The zero-order chi connectivity index (χ0) is 13.3. The molecule has 2 rings (SSSR count). The Labute approximate surface area is 117 Å². The highest BCUT2D eigenvalue weighted by Gasteiger charge is 2.14. The fourth-order valence-electron chi connectivity index (χ4n) is 2.55. The summed E-state index contributed by atoms with van der Waals surface area (Å²) in [6, 6.07) is 12.5. The smallest absolute Gasteiger partial charge is 0.0557 e. The third-order valence-electron chi connectivity index (χ3n) is 3.26. The van der Waals surface area contributed by atoms with E-state index in [1.54, 1.807) is 0 Å². The molecule has 1 nitrogen and oxygen atoms in total. The predicted molar refractivity (Wildman–Crippen MR) is 80.8 cm³/mol.